The molecule has 2 aromatic heterocycles. The SMILES string of the molecule is CCn1c(SCC(=O)NC(=O)Nc2ccc(C)c(C)c2)nnc1-c1ccco1. The van der Waals surface area contributed by atoms with Crippen LogP contribution in [-0.4, -0.2) is 32.5 Å². The minimum absolute atomic E-state index is 0.0383. The Morgan fingerprint density at radius 2 is 2.00 bits per heavy atom. The van der Waals surface area contributed by atoms with E-state index in [1.165, 1.54) is 11.8 Å². The molecule has 146 valence electrons. The number of imide groups is 1. The summed E-state index contributed by atoms with van der Waals surface area (Å²) in [5.74, 6) is 0.828. The van der Waals surface area contributed by atoms with Gasteiger partial charge in [0.05, 0.1) is 12.0 Å². The Kier molecular flexibility index (Phi) is 6.15. The largest absolute Gasteiger partial charge is 0.461 e. The van der Waals surface area contributed by atoms with E-state index < -0.39 is 11.9 Å². The number of aromatic nitrogens is 3. The number of anilines is 1. The van der Waals surface area contributed by atoms with Gasteiger partial charge in [-0.3, -0.25) is 14.7 Å². The number of hydrogen-bond donors (Lipinski definition) is 2. The van der Waals surface area contributed by atoms with Gasteiger partial charge in [0, 0.05) is 12.2 Å². The Hall–Kier alpha value is -3.07. The maximum atomic E-state index is 12.1. The van der Waals surface area contributed by atoms with Gasteiger partial charge in [0.25, 0.3) is 0 Å². The topological polar surface area (TPSA) is 102 Å². The van der Waals surface area contributed by atoms with E-state index in [1.54, 1.807) is 24.5 Å². The van der Waals surface area contributed by atoms with Gasteiger partial charge in [-0.25, -0.2) is 4.79 Å². The number of amides is 3. The molecule has 0 radical (unpaired) electrons. The molecule has 0 aliphatic heterocycles. The Balaban J connectivity index is 1.55. The molecule has 3 amide bonds. The molecule has 0 saturated heterocycles. The lowest BCUT2D eigenvalue weighted by atomic mass is 10.1. The molecule has 3 aromatic rings. The van der Waals surface area contributed by atoms with Gasteiger partial charge in [-0.15, -0.1) is 10.2 Å². The average Bonchev–Trinajstić information content (AvgIpc) is 3.31. The van der Waals surface area contributed by atoms with Crippen LogP contribution in [0.4, 0.5) is 10.5 Å². The van der Waals surface area contributed by atoms with E-state index in [1.807, 2.05) is 37.5 Å². The predicted octanol–water partition coefficient (Wildman–Crippen LogP) is 3.62. The van der Waals surface area contributed by atoms with Crippen molar-refractivity contribution in [1.29, 1.82) is 0 Å². The summed E-state index contributed by atoms with van der Waals surface area (Å²) in [7, 11) is 0. The Labute approximate surface area is 166 Å². The third-order valence-electron chi connectivity index (χ3n) is 4.12. The van der Waals surface area contributed by atoms with Crippen molar-refractivity contribution in [3.05, 3.63) is 47.7 Å². The van der Waals surface area contributed by atoms with Crippen molar-refractivity contribution in [2.24, 2.45) is 0 Å². The first-order chi connectivity index (χ1) is 13.5. The molecule has 0 unspecified atom stereocenters. The van der Waals surface area contributed by atoms with Gasteiger partial charge < -0.3 is 9.73 Å². The lowest BCUT2D eigenvalue weighted by Gasteiger charge is -2.09. The monoisotopic (exact) mass is 399 g/mol. The zero-order valence-corrected chi connectivity index (χ0v) is 16.7. The quantitative estimate of drug-likeness (QED) is 0.614. The zero-order valence-electron chi connectivity index (χ0n) is 15.9. The molecule has 0 fully saturated rings. The zero-order chi connectivity index (χ0) is 20.1. The number of hydrogen-bond acceptors (Lipinski definition) is 6. The van der Waals surface area contributed by atoms with Crippen molar-refractivity contribution in [3.8, 4) is 11.6 Å². The van der Waals surface area contributed by atoms with Crippen molar-refractivity contribution in [2.45, 2.75) is 32.5 Å². The summed E-state index contributed by atoms with van der Waals surface area (Å²) in [6, 6.07) is 8.57. The van der Waals surface area contributed by atoms with Gasteiger partial charge in [-0.1, -0.05) is 17.8 Å². The minimum Gasteiger partial charge on any atom is -0.461 e. The van der Waals surface area contributed by atoms with E-state index in [0.29, 0.717) is 29.0 Å². The molecule has 3 rings (SSSR count). The van der Waals surface area contributed by atoms with E-state index in [2.05, 4.69) is 20.8 Å². The van der Waals surface area contributed by atoms with Crippen LogP contribution < -0.4 is 10.6 Å². The first-order valence-corrected chi connectivity index (χ1v) is 9.74. The second-order valence-electron chi connectivity index (χ2n) is 6.12. The van der Waals surface area contributed by atoms with E-state index in [4.69, 9.17) is 4.42 Å². The fourth-order valence-electron chi connectivity index (χ4n) is 2.54. The Morgan fingerprint density at radius 1 is 1.18 bits per heavy atom. The highest BCUT2D eigenvalue weighted by Gasteiger charge is 2.17. The highest BCUT2D eigenvalue weighted by molar-refractivity contribution is 7.99. The van der Waals surface area contributed by atoms with Crippen LogP contribution in [0.25, 0.3) is 11.6 Å². The standard InChI is InChI=1S/C19H21N5O3S/c1-4-24-17(15-6-5-9-27-15)22-23-19(24)28-11-16(25)21-18(26)20-14-8-7-12(2)13(3)10-14/h5-10H,4,11H2,1-3H3,(H2,20,21,25,26). The second-order valence-corrected chi connectivity index (χ2v) is 7.06. The number of thioether (sulfide) groups is 1. The van der Waals surface area contributed by atoms with Crippen LogP contribution in [0.15, 0.2) is 46.2 Å². The highest BCUT2D eigenvalue weighted by atomic mass is 32.2. The summed E-state index contributed by atoms with van der Waals surface area (Å²) >= 11 is 1.21. The predicted molar refractivity (Wildman–Crippen MR) is 107 cm³/mol. The molecule has 0 bridgehead atoms. The normalized spacial score (nSPS) is 10.7. The van der Waals surface area contributed by atoms with Crippen LogP contribution in [0.2, 0.25) is 0 Å². The Morgan fingerprint density at radius 3 is 2.68 bits per heavy atom. The van der Waals surface area contributed by atoms with Gasteiger partial charge in [0.15, 0.2) is 16.7 Å². The number of nitrogens with zero attached hydrogens (tertiary/aromatic N) is 3. The van der Waals surface area contributed by atoms with E-state index >= 15 is 0 Å². The number of aryl methyl sites for hydroxylation is 2. The minimum atomic E-state index is -0.568. The molecule has 9 heteroatoms. The number of benzene rings is 1. The van der Waals surface area contributed by atoms with Crippen LogP contribution in [-0.2, 0) is 11.3 Å². The number of furan rings is 1. The maximum Gasteiger partial charge on any atom is 0.325 e. The first-order valence-electron chi connectivity index (χ1n) is 8.76. The van der Waals surface area contributed by atoms with Crippen LogP contribution in [0, 0.1) is 13.8 Å². The number of carbonyl (C=O) groups excluding carboxylic acids is 2. The number of urea groups is 1. The molecule has 0 spiro atoms. The van der Waals surface area contributed by atoms with Gasteiger partial charge >= 0.3 is 6.03 Å². The third kappa shape index (κ3) is 4.61. The van der Waals surface area contributed by atoms with Crippen LogP contribution in [0.5, 0.6) is 0 Å². The maximum absolute atomic E-state index is 12.1. The number of rotatable bonds is 6. The van der Waals surface area contributed by atoms with E-state index in [9.17, 15) is 9.59 Å². The summed E-state index contributed by atoms with van der Waals surface area (Å²) < 4.78 is 7.21. The van der Waals surface area contributed by atoms with Gasteiger partial charge in [0.2, 0.25) is 5.91 Å². The van der Waals surface area contributed by atoms with E-state index in [-0.39, 0.29) is 5.75 Å². The molecule has 0 aliphatic carbocycles. The molecule has 0 atom stereocenters. The van der Waals surface area contributed by atoms with Crippen LogP contribution in [0.1, 0.15) is 18.1 Å². The van der Waals surface area contributed by atoms with Crippen molar-refractivity contribution < 1.29 is 14.0 Å². The van der Waals surface area contributed by atoms with Crippen molar-refractivity contribution in [2.75, 3.05) is 11.1 Å². The van der Waals surface area contributed by atoms with E-state index in [0.717, 1.165) is 11.1 Å². The molecule has 0 aliphatic rings. The summed E-state index contributed by atoms with van der Waals surface area (Å²) in [6.07, 6.45) is 1.57. The third-order valence-corrected chi connectivity index (χ3v) is 5.09. The van der Waals surface area contributed by atoms with Crippen molar-refractivity contribution in [3.63, 3.8) is 0 Å². The molecule has 2 N–H and O–H groups in total. The van der Waals surface area contributed by atoms with Crippen molar-refractivity contribution in [1.82, 2.24) is 20.1 Å². The second kappa shape index (κ2) is 8.75. The molecule has 1 aromatic carbocycles. The Bertz CT molecular complexity index is 982. The lowest BCUT2D eigenvalue weighted by molar-refractivity contribution is -0.117. The summed E-state index contributed by atoms with van der Waals surface area (Å²) in [5, 5.41) is 13.8. The molecule has 2 heterocycles. The summed E-state index contributed by atoms with van der Waals surface area (Å²) in [6.45, 7) is 6.53. The van der Waals surface area contributed by atoms with Crippen LogP contribution in [0.3, 0.4) is 0 Å². The highest BCUT2D eigenvalue weighted by Crippen LogP contribution is 2.24. The van der Waals surface area contributed by atoms with Gasteiger partial charge in [0.1, 0.15) is 0 Å². The number of carbonyl (C=O) groups is 2. The summed E-state index contributed by atoms with van der Waals surface area (Å²) in [5.41, 5.74) is 2.83. The smallest absolute Gasteiger partial charge is 0.325 e. The summed E-state index contributed by atoms with van der Waals surface area (Å²) in [4.78, 5) is 24.1. The van der Waals surface area contributed by atoms with Gasteiger partial charge in [-0.05, 0) is 56.2 Å². The molecule has 0 saturated carbocycles. The van der Waals surface area contributed by atoms with Crippen LogP contribution >= 0.6 is 11.8 Å². The first kappa shape index (κ1) is 19.7. The van der Waals surface area contributed by atoms with Crippen molar-refractivity contribution >= 4 is 29.4 Å². The molecular weight excluding hydrogens is 378 g/mol. The molecule has 28 heavy (non-hydrogen) atoms. The lowest BCUT2D eigenvalue weighted by Crippen LogP contribution is -2.35. The fraction of sp³-hybridized carbons (Fsp3) is 0.263. The fourth-order valence-corrected chi connectivity index (χ4v) is 3.35. The average molecular weight is 399 g/mol. The molecular formula is C19H21N5O3S. The molecule has 8 nitrogen and oxygen atoms in total. The van der Waals surface area contributed by atoms with Gasteiger partial charge in [-0.2, -0.15) is 0 Å². The number of nitrogens with one attached hydrogen (secondary N) is 2.